The minimum atomic E-state index is -0.852. The van der Waals surface area contributed by atoms with Crippen molar-refractivity contribution in [2.45, 2.75) is 6.04 Å². The monoisotopic (exact) mass is 370 g/mol. The molecule has 2 amide bonds. The van der Waals surface area contributed by atoms with Crippen molar-refractivity contribution in [3.8, 4) is 0 Å². The lowest BCUT2D eigenvalue weighted by Gasteiger charge is -2.19. The highest BCUT2D eigenvalue weighted by atomic mass is 16.2. The maximum Gasteiger partial charge on any atom is 0.266 e. The number of aromatic nitrogens is 2. The fraction of sp³-hybridized carbons (Fsp3) is 0.0455. The predicted molar refractivity (Wildman–Crippen MR) is 107 cm³/mol. The van der Waals surface area contributed by atoms with E-state index in [-0.39, 0.29) is 11.8 Å². The van der Waals surface area contributed by atoms with Gasteiger partial charge in [0.15, 0.2) is 0 Å². The Bertz CT molecular complexity index is 1110. The van der Waals surface area contributed by atoms with Crippen molar-refractivity contribution in [2.24, 2.45) is 0 Å². The predicted octanol–water partition coefficient (Wildman–Crippen LogP) is 3.28. The van der Waals surface area contributed by atoms with Crippen LogP contribution in [0.1, 0.15) is 22.0 Å². The smallest absolute Gasteiger partial charge is 0.266 e. The summed E-state index contributed by atoms with van der Waals surface area (Å²) in [5.74, 6) is -0.682. The number of fused-ring (bicyclic) bond motifs is 1. The number of imidazole rings is 1. The summed E-state index contributed by atoms with van der Waals surface area (Å²) in [7, 11) is 0. The van der Waals surface area contributed by atoms with E-state index in [2.05, 4.69) is 15.7 Å². The van der Waals surface area contributed by atoms with E-state index in [4.69, 9.17) is 0 Å². The van der Waals surface area contributed by atoms with Crippen molar-refractivity contribution in [1.82, 2.24) is 15.0 Å². The van der Waals surface area contributed by atoms with E-state index >= 15 is 0 Å². The highest BCUT2D eigenvalue weighted by molar-refractivity contribution is 5.99. The number of benzene rings is 3. The molecule has 4 rings (SSSR count). The Morgan fingerprint density at radius 1 is 0.821 bits per heavy atom. The second kappa shape index (κ2) is 7.75. The van der Waals surface area contributed by atoms with E-state index in [1.165, 1.54) is 0 Å². The molecule has 0 aliphatic rings. The molecule has 1 heterocycles. The van der Waals surface area contributed by atoms with E-state index < -0.39 is 6.04 Å². The van der Waals surface area contributed by atoms with E-state index in [1.54, 1.807) is 35.3 Å². The van der Waals surface area contributed by atoms with Gasteiger partial charge in [-0.2, -0.15) is 0 Å². The summed E-state index contributed by atoms with van der Waals surface area (Å²) in [6.07, 6.45) is 1.55. The Morgan fingerprint density at radius 2 is 1.46 bits per heavy atom. The van der Waals surface area contributed by atoms with Gasteiger partial charge in [0.25, 0.3) is 11.8 Å². The van der Waals surface area contributed by atoms with Crippen LogP contribution in [0.4, 0.5) is 0 Å². The van der Waals surface area contributed by atoms with E-state index in [9.17, 15) is 9.59 Å². The van der Waals surface area contributed by atoms with Crippen LogP contribution in [-0.2, 0) is 4.79 Å². The van der Waals surface area contributed by atoms with Gasteiger partial charge in [-0.3, -0.25) is 15.0 Å². The molecule has 1 unspecified atom stereocenters. The Labute approximate surface area is 161 Å². The summed E-state index contributed by atoms with van der Waals surface area (Å²) >= 11 is 0. The first kappa shape index (κ1) is 17.5. The van der Waals surface area contributed by atoms with E-state index in [1.807, 2.05) is 60.7 Å². The molecule has 0 bridgehead atoms. The van der Waals surface area contributed by atoms with Crippen LogP contribution in [0.25, 0.3) is 11.0 Å². The molecule has 0 saturated carbocycles. The molecule has 1 aromatic heterocycles. The third kappa shape index (κ3) is 3.61. The quantitative estimate of drug-likeness (QED) is 0.566. The topological polar surface area (TPSA) is 76.0 Å². The Kier molecular flexibility index (Phi) is 4.84. The molecule has 28 heavy (non-hydrogen) atoms. The molecule has 138 valence electrons. The summed E-state index contributed by atoms with van der Waals surface area (Å²) in [4.78, 5) is 30.0. The van der Waals surface area contributed by atoms with Gasteiger partial charge in [0.05, 0.1) is 11.0 Å². The standard InChI is InChI=1S/C22H18N4O2/c27-21(17-11-5-2-6-12-17)24-20(16-9-3-1-4-10-16)22(28)25-26-15-23-18-13-7-8-14-19(18)26/h1-15,20H,(H,24,27)(H,25,28). The minimum Gasteiger partial charge on any atom is -0.336 e. The lowest BCUT2D eigenvalue weighted by Crippen LogP contribution is -2.39. The van der Waals surface area contributed by atoms with Gasteiger partial charge in [0.1, 0.15) is 12.4 Å². The first-order valence-corrected chi connectivity index (χ1v) is 8.86. The molecule has 4 aromatic rings. The van der Waals surface area contributed by atoms with Gasteiger partial charge >= 0.3 is 0 Å². The second-order valence-corrected chi connectivity index (χ2v) is 6.26. The molecular weight excluding hydrogens is 352 g/mol. The summed E-state index contributed by atoms with van der Waals surface area (Å²) < 4.78 is 1.56. The maximum absolute atomic E-state index is 13.0. The van der Waals surface area contributed by atoms with E-state index in [0.717, 1.165) is 11.0 Å². The van der Waals surface area contributed by atoms with Gasteiger partial charge in [-0.15, -0.1) is 0 Å². The highest BCUT2D eigenvalue weighted by Gasteiger charge is 2.24. The zero-order chi connectivity index (χ0) is 19.3. The molecule has 0 fully saturated rings. The van der Waals surface area contributed by atoms with Crippen LogP contribution >= 0.6 is 0 Å². The Balaban J connectivity index is 1.61. The fourth-order valence-electron chi connectivity index (χ4n) is 2.98. The number of nitrogens with zero attached hydrogens (tertiary/aromatic N) is 2. The molecule has 0 radical (unpaired) electrons. The van der Waals surface area contributed by atoms with Crippen molar-refractivity contribution in [2.75, 3.05) is 5.43 Å². The third-order valence-electron chi connectivity index (χ3n) is 4.39. The SMILES string of the molecule is O=C(NC(C(=O)Nn1cnc2ccccc21)c1ccccc1)c1ccccc1. The summed E-state index contributed by atoms with van der Waals surface area (Å²) in [5.41, 5.74) is 5.55. The lowest BCUT2D eigenvalue weighted by atomic mass is 10.1. The summed E-state index contributed by atoms with van der Waals surface area (Å²) in [6, 6.07) is 24.6. The van der Waals surface area contributed by atoms with Crippen LogP contribution in [0, 0.1) is 0 Å². The van der Waals surface area contributed by atoms with Crippen LogP contribution in [0.2, 0.25) is 0 Å². The molecule has 3 aromatic carbocycles. The zero-order valence-electron chi connectivity index (χ0n) is 14.9. The lowest BCUT2D eigenvalue weighted by molar-refractivity contribution is -0.119. The van der Waals surface area contributed by atoms with Gasteiger partial charge in [0, 0.05) is 5.56 Å². The molecule has 6 nitrogen and oxygen atoms in total. The van der Waals surface area contributed by atoms with Gasteiger partial charge < -0.3 is 5.32 Å². The van der Waals surface area contributed by atoms with Crippen LogP contribution < -0.4 is 10.7 Å². The van der Waals surface area contributed by atoms with Crippen LogP contribution in [0.5, 0.6) is 0 Å². The number of carbonyl (C=O) groups excluding carboxylic acids is 2. The average molecular weight is 370 g/mol. The van der Waals surface area contributed by atoms with Crippen LogP contribution in [0.3, 0.4) is 0 Å². The van der Waals surface area contributed by atoms with Gasteiger partial charge in [-0.1, -0.05) is 60.7 Å². The van der Waals surface area contributed by atoms with Crippen molar-refractivity contribution in [3.63, 3.8) is 0 Å². The first-order chi connectivity index (χ1) is 13.7. The molecule has 0 spiro atoms. The average Bonchev–Trinajstić information content (AvgIpc) is 3.16. The molecule has 2 N–H and O–H groups in total. The van der Waals surface area contributed by atoms with E-state index in [0.29, 0.717) is 11.1 Å². The largest absolute Gasteiger partial charge is 0.336 e. The fourth-order valence-corrected chi connectivity index (χ4v) is 2.98. The molecule has 1 atom stereocenters. The molecular formula is C22H18N4O2. The van der Waals surface area contributed by atoms with Crippen LogP contribution in [0.15, 0.2) is 91.3 Å². The number of carbonyl (C=O) groups is 2. The number of para-hydroxylation sites is 2. The zero-order valence-corrected chi connectivity index (χ0v) is 14.9. The van der Waals surface area contributed by atoms with Gasteiger partial charge in [-0.05, 0) is 29.8 Å². The second-order valence-electron chi connectivity index (χ2n) is 6.26. The third-order valence-corrected chi connectivity index (χ3v) is 4.39. The Hall–Kier alpha value is -3.93. The number of nitrogens with one attached hydrogen (secondary N) is 2. The number of hydrogen-bond acceptors (Lipinski definition) is 3. The highest BCUT2D eigenvalue weighted by Crippen LogP contribution is 2.16. The minimum absolute atomic E-state index is 0.319. The van der Waals surface area contributed by atoms with Crippen molar-refractivity contribution in [1.29, 1.82) is 0 Å². The first-order valence-electron chi connectivity index (χ1n) is 8.86. The molecule has 0 saturated heterocycles. The number of hydrogen-bond donors (Lipinski definition) is 2. The molecule has 0 aliphatic heterocycles. The van der Waals surface area contributed by atoms with Gasteiger partial charge in [0.2, 0.25) is 0 Å². The maximum atomic E-state index is 13.0. The summed E-state index contributed by atoms with van der Waals surface area (Å²) in [6.45, 7) is 0. The van der Waals surface area contributed by atoms with Crippen LogP contribution in [-0.4, -0.2) is 21.5 Å². The molecule has 0 aliphatic carbocycles. The van der Waals surface area contributed by atoms with Crippen molar-refractivity contribution < 1.29 is 9.59 Å². The normalized spacial score (nSPS) is 11.7. The van der Waals surface area contributed by atoms with Crippen molar-refractivity contribution >= 4 is 22.8 Å². The number of amides is 2. The Morgan fingerprint density at radius 3 is 2.21 bits per heavy atom. The number of rotatable bonds is 5. The van der Waals surface area contributed by atoms with Crippen molar-refractivity contribution in [3.05, 3.63) is 102 Å². The van der Waals surface area contributed by atoms with Gasteiger partial charge in [-0.25, -0.2) is 9.66 Å². The summed E-state index contributed by atoms with van der Waals surface area (Å²) in [5, 5.41) is 2.83. The molecule has 6 heteroatoms.